The standard InChI is InChI=1S/C4H7NOSi/c1-2-4(7)5-3-6/h2H,1,7H3. The van der Waals surface area contributed by atoms with E-state index in [1.165, 1.54) is 6.08 Å². The van der Waals surface area contributed by atoms with Gasteiger partial charge in [-0.05, 0) is 6.92 Å². The Morgan fingerprint density at radius 2 is 2.57 bits per heavy atom. The maximum atomic E-state index is 9.46. The minimum atomic E-state index is 0.831. The summed E-state index contributed by atoms with van der Waals surface area (Å²) in [6, 6.07) is 0. The number of nitrogens with zero attached hydrogens (tertiary/aromatic N) is 1. The molecule has 0 heterocycles. The van der Waals surface area contributed by atoms with Gasteiger partial charge in [-0.2, -0.15) is 4.99 Å². The Balaban J connectivity index is 3.82. The minimum absolute atomic E-state index is 0.831. The molecule has 0 rings (SSSR count). The fraction of sp³-hybridized carbons (Fsp3) is 0.250. The summed E-state index contributed by atoms with van der Waals surface area (Å²) in [6.45, 7) is 1.85. The van der Waals surface area contributed by atoms with Gasteiger partial charge in [-0.1, -0.05) is 6.08 Å². The molecule has 0 radical (unpaired) electrons. The Kier molecular flexibility index (Phi) is 3.19. The van der Waals surface area contributed by atoms with Gasteiger partial charge in [0.25, 0.3) is 0 Å². The molecule has 7 heavy (non-hydrogen) atoms. The molecule has 0 saturated heterocycles. The van der Waals surface area contributed by atoms with Crippen LogP contribution in [0.15, 0.2) is 16.4 Å². The number of rotatable bonds is 1. The van der Waals surface area contributed by atoms with Crippen LogP contribution < -0.4 is 0 Å². The van der Waals surface area contributed by atoms with Crippen molar-refractivity contribution in [1.82, 2.24) is 0 Å². The zero-order valence-electron chi connectivity index (χ0n) is 4.43. The maximum Gasteiger partial charge on any atom is 0.239 e. The number of hydrogen-bond acceptors (Lipinski definition) is 2. The van der Waals surface area contributed by atoms with Crippen molar-refractivity contribution in [3.63, 3.8) is 0 Å². The molecule has 0 atom stereocenters. The quantitative estimate of drug-likeness (QED) is 0.257. The summed E-state index contributed by atoms with van der Waals surface area (Å²) in [5.74, 6) is 0. The van der Waals surface area contributed by atoms with Crippen LogP contribution in [0.4, 0.5) is 0 Å². The van der Waals surface area contributed by atoms with Crippen molar-refractivity contribution >= 4 is 16.3 Å². The molecular weight excluding hydrogens is 106 g/mol. The Labute approximate surface area is 45.4 Å². The molecule has 0 N–H and O–H groups in total. The van der Waals surface area contributed by atoms with Crippen molar-refractivity contribution in [1.29, 1.82) is 0 Å². The molecule has 3 heteroatoms. The number of carbonyl (C=O) groups excluding carboxylic acids is 1. The van der Waals surface area contributed by atoms with E-state index in [2.05, 4.69) is 4.99 Å². The Hall–Kier alpha value is -0.663. The van der Waals surface area contributed by atoms with Crippen LogP contribution in [-0.2, 0) is 4.79 Å². The lowest BCUT2D eigenvalue weighted by molar-refractivity contribution is 0.565. The van der Waals surface area contributed by atoms with Gasteiger partial charge in [-0.3, -0.25) is 0 Å². The Morgan fingerprint density at radius 3 is 2.71 bits per heavy atom. The predicted molar refractivity (Wildman–Crippen MR) is 31.8 cm³/mol. The monoisotopic (exact) mass is 113 g/mol. The van der Waals surface area contributed by atoms with E-state index in [0.29, 0.717) is 0 Å². The molecule has 0 aliphatic rings. The van der Waals surface area contributed by atoms with Gasteiger partial charge in [-0.25, -0.2) is 4.79 Å². The van der Waals surface area contributed by atoms with Crippen LogP contribution in [-0.4, -0.2) is 16.3 Å². The average molecular weight is 113 g/mol. The van der Waals surface area contributed by atoms with Crippen LogP contribution in [0.5, 0.6) is 0 Å². The molecular formula is C4H7NOSi. The first-order valence-corrected chi connectivity index (χ1v) is 3.02. The van der Waals surface area contributed by atoms with E-state index in [1.807, 2.05) is 6.92 Å². The van der Waals surface area contributed by atoms with E-state index < -0.39 is 0 Å². The summed E-state index contributed by atoms with van der Waals surface area (Å²) >= 11 is 0. The second-order valence-corrected chi connectivity index (χ2v) is 2.16. The van der Waals surface area contributed by atoms with Crippen molar-refractivity contribution in [3.05, 3.63) is 11.4 Å². The highest BCUT2D eigenvalue weighted by molar-refractivity contribution is 6.21. The first-order chi connectivity index (χ1) is 3.31. The SMILES string of the molecule is CC=C([SiH3])N=C=O. The molecule has 0 aromatic rings. The van der Waals surface area contributed by atoms with Gasteiger partial charge in [0.1, 0.15) is 0 Å². The van der Waals surface area contributed by atoms with Crippen molar-refractivity contribution in [2.75, 3.05) is 0 Å². The van der Waals surface area contributed by atoms with E-state index in [0.717, 1.165) is 15.6 Å². The average Bonchev–Trinajstić information content (AvgIpc) is 1.68. The molecule has 0 amide bonds. The molecule has 0 aliphatic carbocycles. The second-order valence-electron chi connectivity index (χ2n) is 1.13. The van der Waals surface area contributed by atoms with Gasteiger partial charge < -0.3 is 0 Å². The Bertz CT molecular complexity index is 124. The number of isocyanates is 1. The molecule has 0 fully saturated rings. The first-order valence-electron chi connectivity index (χ1n) is 2.02. The van der Waals surface area contributed by atoms with E-state index in [-0.39, 0.29) is 0 Å². The summed E-state index contributed by atoms with van der Waals surface area (Å²) in [5.41, 5.74) is 0. The van der Waals surface area contributed by atoms with Crippen molar-refractivity contribution in [3.8, 4) is 0 Å². The van der Waals surface area contributed by atoms with Crippen LogP contribution >= 0.6 is 0 Å². The smallest absolute Gasteiger partial charge is 0.211 e. The molecule has 38 valence electrons. The van der Waals surface area contributed by atoms with Crippen LogP contribution in [0.1, 0.15) is 6.92 Å². The zero-order valence-corrected chi connectivity index (χ0v) is 6.43. The van der Waals surface area contributed by atoms with Crippen molar-refractivity contribution < 1.29 is 4.79 Å². The van der Waals surface area contributed by atoms with Crippen molar-refractivity contribution in [2.24, 2.45) is 4.99 Å². The van der Waals surface area contributed by atoms with Gasteiger partial charge in [0, 0.05) is 5.32 Å². The third kappa shape index (κ3) is 3.16. The Morgan fingerprint density at radius 1 is 2.00 bits per heavy atom. The van der Waals surface area contributed by atoms with Gasteiger partial charge in [0.2, 0.25) is 6.08 Å². The second kappa shape index (κ2) is 3.52. The van der Waals surface area contributed by atoms with Gasteiger partial charge in [0.05, 0.1) is 10.2 Å². The normalized spacial score (nSPS) is 10.7. The summed E-state index contributed by atoms with van der Waals surface area (Å²) in [7, 11) is 0.831. The zero-order chi connectivity index (χ0) is 5.70. The van der Waals surface area contributed by atoms with E-state index in [9.17, 15) is 4.79 Å². The highest BCUT2D eigenvalue weighted by atomic mass is 28.1. The molecule has 0 aliphatic heterocycles. The van der Waals surface area contributed by atoms with Crippen LogP contribution in [0.25, 0.3) is 0 Å². The van der Waals surface area contributed by atoms with Crippen LogP contribution in [0, 0.1) is 0 Å². The van der Waals surface area contributed by atoms with Crippen LogP contribution in [0.2, 0.25) is 0 Å². The third-order valence-electron chi connectivity index (χ3n) is 0.640. The third-order valence-corrected chi connectivity index (χ3v) is 1.44. The molecule has 0 aromatic heterocycles. The molecule has 2 nitrogen and oxygen atoms in total. The maximum absolute atomic E-state index is 9.46. The lowest BCUT2D eigenvalue weighted by atomic mass is 10.7. The van der Waals surface area contributed by atoms with Gasteiger partial charge in [-0.15, -0.1) is 0 Å². The predicted octanol–water partition coefficient (Wildman–Crippen LogP) is -0.451. The number of aliphatic imine (C=N–C) groups is 1. The van der Waals surface area contributed by atoms with Crippen molar-refractivity contribution in [2.45, 2.75) is 6.92 Å². The van der Waals surface area contributed by atoms with E-state index in [4.69, 9.17) is 0 Å². The largest absolute Gasteiger partial charge is 0.239 e. The number of hydrogen-bond donors (Lipinski definition) is 0. The molecule has 0 saturated carbocycles. The summed E-state index contributed by atoms with van der Waals surface area (Å²) in [6.07, 6.45) is 3.26. The lowest BCUT2D eigenvalue weighted by Crippen LogP contribution is -1.69. The highest BCUT2D eigenvalue weighted by Gasteiger charge is 1.72. The summed E-state index contributed by atoms with van der Waals surface area (Å²) in [4.78, 5) is 12.8. The fourth-order valence-corrected chi connectivity index (χ4v) is 0.228. The highest BCUT2D eigenvalue weighted by Crippen LogP contribution is 1.82. The molecule has 0 unspecified atom stereocenters. The first kappa shape index (κ1) is 6.34. The topological polar surface area (TPSA) is 29.4 Å². The molecule has 0 bridgehead atoms. The number of allylic oxidation sites excluding steroid dienone is 1. The van der Waals surface area contributed by atoms with E-state index in [1.54, 1.807) is 6.08 Å². The van der Waals surface area contributed by atoms with E-state index >= 15 is 0 Å². The molecule has 0 spiro atoms. The molecule has 0 aromatic carbocycles. The fourth-order valence-electron chi connectivity index (χ4n) is 0.137. The van der Waals surface area contributed by atoms with Gasteiger partial charge in [0.15, 0.2) is 0 Å². The minimum Gasteiger partial charge on any atom is -0.211 e. The summed E-state index contributed by atoms with van der Waals surface area (Å²) < 4.78 is 0. The summed E-state index contributed by atoms with van der Waals surface area (Å²) in [5, 5.41) is 0.843. The lowest BCUT2D eigenvalue weighted by Gasteiger charge is -1.76. The van der Waals surface area contributed by atoms with Crippen LogP contribution in [0.3, 0.4) is 0 Å². The van der Waals surface area contributed by atoms with Gasteiger partial charge >= 0.3 is 0 Å².